The van der Waals surface area contributed by atoms with Gasteiger partial charge in [0.25, 0.3) is 0 Å². The van der Waals surface area contributed by atoms with E-state index in [0.29, 0.717) is 33.2 Å². The molecule has 25 rings (SSSR count). The molecule has 0 atom stereocenters. The fourth-order valence-electron chi connectivity index (χ4n) is 19.3. The lowest BCUT2D eigenvalue weighted by atomic mass is 9.84. The van der Waals surface area contributed by atoms with Crippen LogP contribution in [0.1, 0.15) is 40.0 Å². The second kappa shape index (κ2) is 32.0. The van der Waals surface area contributed by atoms with Gasteiger partial charge in [0.05, 0.1) is 13.7 Å². The topological polar surface area (TPSA) is 39.4 Å². The van der Waals surface area contributed by atoms with Crippen LogP contribution in [0.25, 0.3) is 242 Å². The number of furan rings is 3. The van der Waals surface area contributed by atoms with Crippen LogP contribution in [0.5, 0.6) is 0 Å². The Morgan fingerprint density at radius 3 is 0.868 bits per heavy atom. The molecule has 0 aliphatic carbocycles. The summed E-state index contributed by atoms with van der Waals surface area (Å²) in [5.41, 5.74) is 24.6. The molecule has 0 aliphatic heterocycles. The van der Waals surface area contributed by atoms with E-state index in [-0.39, 0.29) is 40.7 Å². The number of rotatable bonds is 10. The maximum atomic E-state index is 13.8. The van der Waals surface area contributed by atoms with E-state index in [1.54, 1.807) is 18.2 Å². The van der Waals surface area contributed by atoms with Crippen LogP contribution in [-0.4, -0.2) is 0 Å². The van der Waals surface area contributed by atoms with Gasteiger partial charge in [-0.3, -0.25) is 0 Å². The van der Waals surface area contributed by atoms with E-state index in [9.17, 15) is 8.78 Å². The van der Waals surface area contributed by atoms with Crippen molar-refractivity contribution >= 4 is 130 Å². The first-order valence-electron chi connectivity index (χ1n) is 48.2. The summed E-state index contributed by atoms with van der Waals surface area (Å²) in [7, 11) is 0. The van der Waals surface area contributed by atoms with Crippen LogP contribution in [-0.2, 0) is 5.41 Å². The van der Waals surface area contributed by atoms with Crippen molar-refractivity contribution in [2.24, 2.45) is 0 Å². The van der Waals surface area contributed by atoms with Gasteiger partial charge in [0.15, 0.2) is 0 Å². The van der Waals surface area contributed by atoms with Crippen molar-refractivity contribution in [1.29, 1.82) is 0 Å². The Balaban J connectivity index is 0.000000117. The fourth-order valence-corrected chi connectivity index (χ4v) is 19.3. The van der Waals surface area contributed by atoms with Crippen molar-refractivity contribution in [1.82, 2.24) is 0 Å². The summed E-state index contributed by atoms with van der Waals surface area (Å²) in [6.45, 7) is 6.80. The SMILES string of the molecule is CC(C)(C)c1cccc(-c2cccc3oc4ccc(-c5c6ccccc6c(-c6ccccc6)c6ccccc56)cc4c23)c1.Fc1cc(F)cc(-c2ccc(-c3ccc4oc5ccc(-c6c7ccccc7c(-c7ccccc7)c7ccccc67)cc5c4c3)cc2)c1.[2H]c1c([2H])c([2H])c(-c2ccc3oc4ccc(-c5c6ccccc6c(-c6c([2H])c([2H])c([2H])c([2H])c6[2H])c6ccccc56)cc4c3c2)c([2H])c1[2H]. The molecule has 0 saturated carbocycles. The molecule has 0 saturated heterocycles. The Bertz CT molecular complexity index is 9160. The number of fused-ring (bicyclic) bond motifs is 15. The molecule has 3 aromatic heterocycles. The van der Waals surface area contributed by atoms with Crippen LogP contribution in [0.3, 0.4) is 0 Å². The standard InChI is InChI=1S/C44H26F2O.C42H32O.C38H24O/c45-33-22-32(23-34(46)26-33)28-16-14-27(15-17-28)30-18-20-41-39(24-30)40-25-31(19-21-42(40)47-41)44-37-12-6-4-10-35(37)43(29-8-2-1-3-9-29)36-11-5-7-13-38(36)44;1-42(2,3)30-16-11-15-28(25-30)31-21-12-22-38-41(31)36-26-29(23-24-37(36)43-38)40-34-19-9-7-17-32(34)39(27-13-5-4-6-14-27)33-18-8-10-20-35(33)40;1-3-11-25(12-4-1)27-19-21-35-33(23-27)34-24-28(20-22-36(34)39-35)38-31-17-9-7-15-29(31)37(26-13-5-2-6-14-26)30-16-8-10-18-32(30)38/h1-26H;4-26H,1-3H3;1-24H/i;;1D,2D,3D,4D,5D,6D,11D,12D,13D,14D. The minimum Gasteiger partial charge on any atom is -0.456 e. The lowest BCUT2D eigenvalue weighted by Gasteiger charge is -2.20. The van der Waals surface area contributed by atoms with E-state index in [1.807, 2.05) is 103 Å². The maximum Gasteiger partial charge on any atom is 0.136 e. The Morgan fingerprint density at radius 1 is 0.194 bits per heavy atom. The molecule has 5 heteroatoms. The smallest absolute Gasteiger partial charge is 0.136 e. The molecule has 25 aromatic rings. The van der Waals surface area contributed by atoms with Gasteiger partial charge in [0.1, 0.15) is 45.1 Å². The van der Waals surface area contributed by atoms with Crippen molar-refractivity contribution in [3.05, 3.63) is 460 Å². The quantitative estimate of drug-likeness (QED) is 0.128. The van der Waals surface area contributed by atoms with Gasteiger partial charge in [-0.15, -0.1) is 0 Å². The average Bonchev–Trinajstić information content (AvgIpc) is 1.53. The first-order chi connectivity index (χ1) is 67.6. The monoisotopic (exact) mass is 1670 g/mol. The van der Waals surface area contributed by atoms with Gasteiger partial charge in [0.2, 0.25) is 0 Å². The Kier molecular flexibility index (Phi) is 16.7. The number of hydrogen-bond acceptors (Lipinski definition) is 3. The van der Waals surface area contributed by atoms with E-state index >= 15 is 0 Å². The minimum absolute atomic E-state index is 0.0730. The number of hydrogen-bond donors (Lipinski definition) is 0. The third-order valence-electron chi connectivity index (χ3n) is 25.2. The summed E-state index contributed by atoms with van der Waals surface area (Å²) < 4.78 is 130. The minimum atomic E-state index is -0.589. The van der Waals surface area contributed by atoms with Crippen molar-refractivity contribution < 1.29 is 35.7 Å². The summed E-state index contributed by atoms with van der Waals surface area (Å²) in [6.07, 6.45) is 0. The molecule has 22 aromatic carbocycles. The molecule has 0 aliphatic rings. The van der Waals surface area contributed by atoms with E-state index in [1.165, 1.54) is 116 Å². The number of halogens is 2. The highest BCUT2D eigenvalue weighted by Gasteiger charge is 2.25. The van der Waals surface area contributed by atoms with Gasteiger partial charge in [-0.2, -0.15) is 0 Å². The summed E-state index contributed by atoms with van der Waals surface area (Å²) in [4.78, 5) is 0. The summed E-state index contributed by atoms with van der Waals surface area (Å²) >= 11 is 0. The van der Waals surface area contributed by atoms with Crippen LogP contribution >= 0.6 is 0 Å². The number of benzene rings is 22. The molecule has 0 fully saturated rings. The van der Waals surface area contributed by atoms with Crippen molar-refractivity contribution in [2.45, 2.75) is 26.2 Å². The van der Waals surface area contributed by atoms with Gasteiger partial charge < -0.3 is 13.3 Å². The largest absolute Gasteiger partial charge is 0.456 e. The molecular weight excluding hydrogens is 1580 g/mol. The van der Waals surface area contributed by atoms with Crippen LogP contribution in [0.4, 0.5) is 8.78 Å². The predicted molar refractivity (Wildman–Crippen MR) is 539 cm³/mol. The van der Waals surface area contributed by atoms with Gasteiger partial charge >= 0.3 is 0 Å². The second-order valence-corrected chi connectivity index (χ2v) is 33.9. The van der Waals surface area contributed by atoms with Gasteiger partial charge in [-0.1, -0.05) is 378 Å². The Labute approximate surface area is 759 Å². The van der Waals surface area contributed by atoms with Gasteiger partial charge in [-0.25, -0.2) is 8.78 Å². The molecular formula is C124H82F2O3. The zero-order chi connectivity index (χ0) is 95.1. The maximum absolute atomic E-state index is 13.8. The molecule has 0 radical (unpaired) electrons. The van der Waals surface area contributed by atoms with Gasteiger partial charge in [-0.05, 0) is 266 Å². The van der Waals surface area contributed by atoms with Crippen LogP contribution in [0.15, 0.2) is 456 Å². The van der Waals surface area contributed by atoms with E-state index in [0.717, 1.165) is 105 Å². The van der Waals surface area contributed by atoms with Crippen molar-refractivity contribution in [3.8, 4) is 111 Å². The Morgan fingerprint density at radius 2 is 0.481 bits per heavy atom. The molecule has 0 bridgehead atoms. The Hall–Kier alpha value is -16.3. The van der Waals surface area contributed by atoms with Crippen molar-refractivity contribution in [2.75, 3.05) is 0 Å². The van der Waals surface area contributed by atoms with Gasteiger partial charge in [0, 0.05) is 38.4 Å². The fraction of sp³-hybridized carbons (Fsp3) is 0.0323. The highest BCUT2D eigenvalue weighted by atomic mass is 19.1. The lowest BCUT2D eigenvalue weighted by Crippen LogP contribution is -2.10. The lowest BCUT2D eigenvalue weighted by molar-refractivity contribution is 0.584. The first-order valence-corrected chi connectivity index (χ1v) is 43.2. The third kappa shape index (κ3) is 13.9. The first kappa shape index (κ1) is 67.1. The van der Waals surface area contributed by atoms with E-state index in [2.05, 4.69) is 263 Å². The third-order valence-corrected chi connectivity index (χ3v) is 25.2. The molecule has 129 heavy (non-hydrogen) atoms. The molecule has 0 unspecified atom stereocenters. The molecule has 0 amide bonds. The van der Waals surface area contributed by atoms with Crippen LogP contribution < -0.4 is 0 Å². The molecule has 610 valence electrons. The summed E-state index contributed by atoms with van der Waals surface area (Å²) in [5, 5.41) is 18.9. The predicted octanol–water partition coefficient (Wildman–Crippen LogP) is 35.9. The van der Waals surface area contributed by atoms with Crippen LogP contribution in [0, 0.1) is 11.6 Å². The summed E-state index contributed by atoms with van der Waals surface area (Å²) in [6, 6.07) is 125. The van der Waals surface area contributed by atoms with E-state index < -0.39 is 47.9 Å². The molecule has 0 spiro atoms. The molecule has 3 heterocycles. The second-order valence-electron chi connectivity index (χ2n) is 33.9. The zero-order valence-corrected chi connectivity index (χ0v) is 70.4. The molecule has 0 N–H and O–H groups in total. The molecule has 3 nitrogen and oxygen atoms in total. The van der Waals surface area contributed by atoms with Crippen molar-refractivity contribution in [3.63, 3.8) is 0 Å². The normalized spacial score (nSPS) is 12.8. The average molecular weight is 1670 g/mol. The summed E-state index contributed by atoms with van der Waals surface area (Å²) in [5.74, 6) is -1.18. The van der Waals surface area contributed by atoms with Crippen LogP contribution in [0.2, 0.25) is 0 Å². The highest BCUT2D eigenvalue weighted by molar-refractivity contribution is 6.26. The zero-order valence-electron chi connectivity index (χ0n) is 80.4. The highest BCUT2D eigenvalue weighted by Crippen LogP contribution is 2.51. The van der Waals surface area contributed by atoms with E-state index in [4.69, 9.17) is 27.0 Å².